The molecule has 1 aromatic carbocycles. The number of fused-ring (bicyclic) bond motifs is 1. The van der Waals surface area contributed by atoms with Gasteiger partial charge in [-0.1, -0.05) is 59.7 Å². The molecule has 0 spiro atoms. The van der Waals surface area contributed by atoms with Crippen LogP contribution in [0.15, 0.2) is 33.8 Å². The van der Waals surface area contributed by atoms with Crippen molar-refractivity contribution < 1.29 is 22.7 Å². The quantitative estimate of drug-likeness (QED) is 0.676. The summed E-state index contributed by atoms with van der Waals surface area (Å²) in [5, 5.41) is 10.2. The van der Waals surface area contributed by atoms with Crippen LogP contribution in [0.1, 0.15) is 93.9 Å². The van der Waals surface area contributed by atoms with Gasteiger partial charge in [0.2, 0.25) is 11.0 Å². The van der Waals surface area contributed by atoms with Crippen LogP contribution in [-0.4, -0.2) is 19.4 Å². The summed E-state index contributed by atoms with van der Waals surface area (Å²) in [4.78, 5) is 12.8. The second kappa shape index (κ2) is 8.43. The lowest BCUT2D eigenvalue weighted by atomic mass is 9.74. The van der Waals surface area contributed by atoms with E-state index in [1.807, 2.05) is 32.0 Å². The van der Waals surface area contributed by atoms with E-state index in [9.17, 15) is 18.3 Å². The van der Waals surface area contributed by atoms with E-state index < -0.39 is 22.0 Å². The van der Waals surface area contributed by atoms with Crippen molar-refractivity contribution in [3.05, 3.63) is 52.3 Å². The zero-order valence-corrected chi connectivity index (χ0v) is 20.0. The number of furan rings is 1. The van der Waals surface area contributed by atoms with Gasteiger partial charge in [-0.3, -0.25) is 4.79 Å². The molecule has 7 heteroatoms. The Balaban J connectivity index is 1.85. The molecule has 31 heavy (non-hydrogen) atoms. The molecule has 0 radical (unpaired) electrons. The molecule has 0 aliphatic heterocycles. The zero-order chi connectivity index (χ0) is 23.1. The number of carbonyl (C=O) groups is 1. The number of carbonyl (C=O) groups excluding carboxylic acids is 1. The first-order valence-electron chi connectivity index (χ1n) is 10.8. The number of sulfonamides is 1. The number of nitrogens with one attached hydrogen (secondary N) is 1. The number of benzene rings is 1. The summed E-state index contributed by atoms with van der Waals surface area (Å²) in [6.07, 6.45) is 0.385. The van der Waals surface area contributed by atoms with E-state index in [0.29, 0.717) is 24.2 Å². The lowest BCUT2D eigenvalue weighted by Crippen LogP contribution is -2.32. The third kappa shape index (κ3) is 4.72. The fraction of sp³-hybridized carbons (Fsp3) is 0.542. The molecule has 0 bridgehead atoms. The van der Waals surface area contributed by atoms with Gasteiger partial charge in [0, 0.05) is 18.1 Å². The van der Waals surface area contributed by atoms with Crippen molar-refractivity contribution in [1.82, 2.24) is 4.72 Å². The predicted molar refractivity (Wildman–Crippen MR) is 119 cm³/mol. The molecule has 1 aromatic heterocycles. The van der Waals surface area contributed by atoms with Gasteiger partial charge in [0.15, 0.2) is 0 Å². The fourth-order valence-electron chi connectivity index (χ4n) is 4.28. The molecule has 0 saturated heterocycles. The maximum Gasteiger partial charge on any atom is 0.297 e. The summed E-state index contributed by atoms with van der Waals surface area (Å²) in [6, 6.07) is 7.29. The molecule has 1 amide bonds. The number of rotatable bonds is 6. The minimum atomic E-state index is -4.18. The number of amides is 1. The molecule has 1 atom stereocenters. The van der Waals surface area contributed by atoms with Crippen molar-refractivity contribution in [3.8, 4) is 0 Å². The van der Waals surface area contributed by atoms with Crippen LogP contribution >= 0.6 is 0 Å². The zero-order valence-electron chi connectivity index (χ0n) is 19.2. The van der Waals surface area contributed by atoms with E-state index >= 15 is 0 Å². The second-order valence-electron chi connectivity index (χ2n) is 9.76. The number of aliphatic hydroxyl groups excluding tert-OH is 1. The molecule has 1 aliphatic carbocycles. The van der Waals surface area contributed by atoms with E-state index in [-0.39, 0.29) is 28.8 Å². The van der Waals surface area contributed by atoms with Crippen LogP contribution in [0.3, 0.4) is 0 Å². The largest absolute Gasteiger partial charge is 0.447 e. The van der Waals surface area contributed by atoms with Crippen LogP contribution in [0, 0.1) is 5.41 Å². The topological polar surface area (TPSA) is 96.6 Å². The maximum atomic E-state index is 12.8. The van der Waals surface area contributed by atoms with Crippen molar-refractivity contribution >= 4 is 15.9 Å². The third-order valence-corrected chi connectivity index (χ3v) is 7.42. The van der Waals surface area contributed by atoms with E-state index in [1.54, 1.807) is 0 Å². The van der Waals surface area contributed by atoms with Gasteiger partial charge in [-0.05, 0) is 40.4 Å². The molecular weight excluding hydrogens is 414 g/mol. The van der Waals surface area contributed by atoms with Crippen molar-refractivity contribution in [2.24, 2.45) is 5.41 Å². The van der Waals surface area contributed by atoms with E-state index in [1.165, 1.54) is 6.07 Å². The third-order valence-electron chi connectivity index (χ3n) is 6.19. The molecule has 2 aromatic rings. The van der Waals surface area contributed by atoms with Gasteiger partial charge in [-0.25, -0.2) is 4.72 Å². The van der Waals surface area contributed by atoms with Crippen LogP contribution in [0.4, 0.5) is 0 Å². The minimum absolute atomic E-state index is 0.0306. The average molecular weight is 448 g/mol. The van der Waals surface area contributed by atoms with Gasteiger partial charge in [-0.15, -0.1) is 0 Å². The Kier molecular flexibility index (Phi) is 6.40. The van der Waals surface area contributed by atoms with Crippen LogP contribution in [-0.2, 0) is 27.7 Å². The Hall–Kier alpha value is -2.12. The highest BCUT2D eigenvalue weighted by Gasteiger charge is 2.38. The van der Waals surface area contributed by atoms with Crippen LogP contribution in [0.2, 0.25) is 0 Å². The highest BCUT2D eigenvalue weighted by molar-refractivity contribution is 7.89. The van der Waals surface area contributed by atoms with Crippen molar-refractivity contribution in [3.63, 3.8) is 0 Å². The Labute approximate surface area is 185 Å². The number of aliphatic hydroxyl groups is 1. The van der Waals surface area contributed by atoms with Crippen LogP contribution in [0.25, 0.3) is 0 Å². The van der Waals surface area contributed by atoms with Gasteiger partial charge >= 0.3 is 0 Å². The van der Waals surface area contributed by atoms with E-state index in [4.69, 9.17) is 4.42 Å². The van der Waals surface area contributed by atoms with E-state index in [2.05, 4.69) is 32.4 Å². The minimum Gasteiger partial charge on any atom is -0.447 e. The summed E-state index contributed by atoms with van der Waals surface area (Å²) in [5.41, 5.74) is 3.07. The monoisotopic (exact) mass is 447 g/mol. The molecule has 1 heterocycles. The van der Waals surface area contributed by atoms with Crippen LogP contribution < -0.4 is 4.72 Å². The van der Waals surface area contributed by atoms with Crippen LogP contribution in [0.5, 0.6) is 0 Å². The number of hydrogen-bond acceptors (Lipinski definition) is 5. The molecular formula is C24H33NO5S. The summed E-state index contributed by atoms with van der Waals surface area (Å²) in [6.45, 7) is 12.1. The van der Waals surface area contributed by atoms with Crippen molar-refractivity contribution in [2.45, 2.75) is 83.8 Å². The van der Waals surface area contributed by atoms with Gasteiger partial charge in [0.1, 0.15) is 5.76 Å². The number of aryl methyl sites for hydroxylation is 1. The van der Waals surface area contributed by atoms with Crippen molar-refractivity contribution in [2.75, 3.05) is 0 Å². The molecule has 170 valence electrons. The highest BCUT2D eigenvalue weighted by atomic mass is 32.2. The van der Waals surface area contributed by atoms with Gasteiger partial charge < -0.3 is 9.52 Å². The highest BCUT2D eigenvalue weighted by Crippen LogP contribution is 2.44. The lowest BCUT2D eigenvalue weighted by Gasteiger charge is -2.34. The molecule has 1 aliphatic rings. The second-order valence-corrected chi connectivity index (χ2v) is 11.4. The Bertz CT molecular complexity index is 1050. The summed E-state index contributed by atoms with van der Waals surface area (Å²) >= 11 is 0. The van der Waals surface area contributed by atoms with Gasteiger partial charge in [-0.2, -0.15) is 8.42 Å². The molecule has 0 fully saturated rings. The normalized spacial score (nSPS) is 18.3. The predicted octanol–water partition coefficient (Wildman–Crippen LogP) is 4.58. The molecule has 3 rings (SSSR count). The summed E-state index contributed by atoms with van der Waals surface area (Å²) in [5.74, 6) is 0.275. The first kappa shape index (κ1) is 23.5. The Morgan fingerprint density at radius 1 is 1.19 bits per heavy atom. The molecule has 0 saturated carbocycles. The van der Waals surface area contributed by atoms with E-state index in [0.717, 1.165) is 16.7 Å². The summed E-state index contributed by atoms with van der Waals surface area (Å²) in [7, 11) is -4.18. The van der Waals surface area contributed by atoms with Crippen molar-refractivity contribution in [1.29, 1.82) is 0 Å². The standard InChI is InChI=1S/C24H33NO5S/c1-14(2)16-8-7-9-17(15(3)4)18(16)12-21(26)25-31(28,29)22-13-19-20(30-22)10-11-24(5,6)23(19)27/h7-9,13-15,23,27H,10-12H2,1-6H3,(H,25,26). The maximum absolute atomic E-state index is 12.8. The molecule has 2 N–H and O–H groups in total. The first-order chi connectivity index (χ1) is 14.3. The molecule has 1 unspecified atom stereocenters. The first-order valence-corrected chi connectivity index (χ1v) is 12.3. The smallest absolute Gasteiger partial charge is 0.297 e. The van der Waals surface area contributed by atoms with Gasteiger partial charge in [0.25, 0.3) is 10.0 Å². The fourth-order valence-corrected chi connectivity index (χ4v) is 5.24. The summed E-state index contributed by atoms with van der Waals surface area (Å²) < 4.78 is 33.4. The van der Waals surface area contributed by atoms with Gasteiger partial charge in [0.05, 0.1) is 12.5 Å². The molecule has 6 nitrogen and oxygen atoms in total. The number of hydrogen-bond donors (Lipinski definition) is 2. The average Bonchev–Trinajstić information content (AvgIpc) is 3.10. The Morgan fingerprint density at radius 2 is 1.77 bits per heavy atom. The Morgan fingerprint density at radius 3 is 2.32 bits per heavy atom. The lowest BCUT2D eigenvalue weighted by molar-refractivity contribution is -0.118. The SMILES string of the molecule is CC(C)c1cccc(C(C)C)c1CC(=O)NS(=O)(=O)c1cc2c(o1)CCC(C)(C)C2O.